The average Bonchev–Trinajstić information content (AvgIpc) is 3.32. The first kappa shape index (κ1) is 20.2. The molecular weight excluding hydrogens is 405 g/mol. The molecule has 0 bridgehead atoms. The van der Waals surface area contributed by atoms with E-state index in [1.165, 1.54) is 36.0 Å². The minimum atomic E-state index is -0.515. The number of aryl methyl sites for hydroxylation is 1. The number of hydrogen-bond acceptors (Lipinski definition) is 6. The van der Waals surface area contributed by atoms with Crippen molar-refractivity contribution in [3.05, 3.63) is 71.5 Å². The molecule has 0 saturated carbocycles. The van der Waals surface area contributed by atoms with Crippen molar-refractivity contribution in [3.63, 3.8) is 0 Å². The molecule has 0 aliphatic carbocycles. The molecule has 6 nitrogen and oxygen atoms in total. The van der Waals surface area contributed by atoms with Crippen LogP contribution in [0.4, 0.5) is 4.39 Å². The number of ether oxygens (including phenoxy) is 1. The molecule has 8 heteroatoms. The highest BCUT2D eigenvalue weighted by Crippen LogP contribution is 2.30. The molecule has 2 atom stereocenters. The molecule has 0 unspecified atom stereocenters. The number of nitrogens with zero attached hydrogens (tertiary/aromatic N) is 2. The molecule has 2 aromatic carbocycles. The summed E-state index contributed by atoms with van der Waals surface area (Å²) in [6, 6.07) is 13.4. The average molecular weight is 425 g/mol. The van der Waals surface area contributed by atoms with Gasteiger partial charge >= 0.3 is 0 Å². The van der Waals surface area contributed by atoms with Crippen LogP contribution in [0, 0.1) is 12.7 Å². The fraction of sp³-hybridized carbons (Fsp3) is 0.227. The first-order valence-corrected chi connectivity index (χ1v) is 10.3. The number of carbonyl (C=O) groups excluding carboxylic acids is 1. The number of nitrogens with one attached hydrogen (secondary N) is 1. The predicted molar refractivity (Wildman–Crippen MR) is 112 cm³/mol. The van der Waals surface area contributed by atoms with Crippen molar-refractivity contribution in [1.82, 2.24) is 15.2 Å². The lowest BCUT2D eigenvalue weighted by atomic mass is 10.1. The molecule has 2 heterocycles. The van der Waals surface area contributed by atoms with E-state index in [0.29, 0.717) is 11.3 Å². The van der Waals surface area contributed by atoms with Crippen molar-refractivity contribution in [3.8, 4) is 5.75 Å². The molecule has 0 radical (unpaired) electrons. The van der Waals surface area contributed by atoms with E-state index in [4.69, 9.17) is 9.15 Å². The summed E-state index contributed by atoms with van der Waals surface area (Å²) in [7, 11) is 0. The Kier molecular flexibility index (Phi) is 5.59. The minimum absolute atomic E-state index is 0.00897. The first-order valence-electron chi connectivity index (χ1n) is 9.46. The van der Waals surface area contributed by atoms with E-state index in [1.807, 2.05) is 38.1 Å². The van der Waals surface area contributed by atoms with Crippen LogP contribution in [0.25, 0.3) is 10.9 Å². The molecule has 0 spiro atoms. The third-order valence-corrected chi connectivity index (χ3v) is 5.62. The summed E-state index contributed by atoms with van der Waals surface area (Å²) >= 11 is 1.20. The van der Waals surface area contributed by atoms with E-state index in [0.717, 1.165) is 16.6 Å². The van der Waals surface area contributed by atoms with Crippen molar-refractivity contribution in [1.29, 1.82) is 0 Å². The van der Waals surface area contributed by atoms with Gasteiger partial charge in [-0.3, -0.25) is 4.79 Å². The maximum Gasteiger partial charge on any atom is 0.277 e. The van der Waals surface area contributed by atoms with Crippen LogP contribution in [-0.4, -0.2) is 26.2 Å². The molecule has 0 amide bonds. The third-order valence-electron chi connectivity index (χ3n) is 4.68. The smallest absolute Gasteiger partial charge is 0.277 e. The summed E-state index contributed by atoms with van der Waals surface area (Å²) in [5.41, 5.74) is 2.45. The number of halogens is 1. The first-order chi connectivity index (χ1) is 14.4. The highest BCUT2D eigenvalue weighted by Gasteiger charge is 2.25. The molecule has 4 aromatic rings. The fourth-order valence-corrected chi connectivity index (χ4v) is 3.95. The Morgan fingerprint density at radius 1 is 1.13 bits per heavy atom. The Labute approximate surface area is 176 Å². The topological polar surface area (TPSA) is 81.0 Å². The lowest BCUT2D eigenvalue weighted by Gasteiger charge is -2.10. The molecule has 154 valence electrons. The van der Waals surface area contributed by atoms with Crippen LogP contribution in [0.2, 0.25) is 0 Å². The molecule has 0 aliphatic heterocycles. The second kappa shape index (κ2) is 8.31. The number of fused-ring (bicyclic) bond motifs is 1. The maximum atomic E-state index is 13.1. The summed E-state index contributed by atoms with van der Waals surface area (Å²) < 4.78 is 24.4. The van der Waals surface area contributed by atoms with Gasteiger partial charge in [-0.05, 0) is 51.1 Å². The van der Waals surface area contributed by atoms with E-state index < -0.39 is 11.4 Å². The van der Waals surface area contributed by atoms with Crippen molar-refractivity contribution in [2.45, 2.75) is 37.3 Å². The van der Waals surface area contributed by atoms with Crippen LogP contribution in [0.5, 0.6) is 5.75 Å². The Morgan fingerprint density at radius 2 is 1.87 bits per heavy atom. The van der Waals surface area contributed by atoms with E-state index >= 15 is 0 Å². The van der Waals surface area contributed by atoms with Gasteiger partial charge in [0.25, 0.3) is 11.1 Å². The Balaban J connectivity index is 1.45. The number of hydrogen-bond donors (Lipinski definition) is 1. The van der Waals surface area contributed by atoms with E-state index in [2.05, 4.69) is 15.2 Å². The monoisotopic (exact) mass is 425 g/mol. The minimum Gasteiger partial charge on any atom is -0.481 e. The number of H-pyrrole nitrogens is 1. The Bertz CT molecular complexity index is 1190. The summed E-state index contributed by atoms with van der Waals surface area (Å²) in [6.45, 7) is 5.47. The normalized spacial score (nSPS) is 13.3. The van der Waals surface area contributed by atoms with Gasteiger partial charge in [-0.25, -0.2) is 4.39 Å². The predicted octanol–water partition coefficient (Wildman–Crippen LogP) is 5.50. The van der Waals surface area contributed by atoms with Crippen LogP contribution >= 0.6 is 11.8 Å². The van der Waals surface area contributed by atoms with Crippen molar-refractivity contribution >= 4 is 28.4 Å². The van der Waals surface area contributed by atoms with E-state index in [-0.39, 0.29) is 22.7 Å². The van der Waals surface area contributed by atoms with Crippen molar-refractivity contribution in [2.75, 3.05) is 0 Å². The maximum absolute atomic E-state index is 13.1. The number of aromatic nitrogens is 3. The molecule has 30 heavy (non-hydrogen) atoms. The fourth-order valence-electron chi connectivity index (χ4n) is 3.20. The van der Waals surface area contributed by atoms with Crippen LogP contribution in [0.1, 0.15) is 41.9 Å². The summed E-state index contributed by atoms with van der Waals surface area (Å²) in [5, 5.41) is 8.83. The van der Waals surface area contributed by atoms with E-state index in [1.54, 1.807) is 6.92 Å². The summed E-state index contributed by atoms with van der Waals surface area (Å²) in [5.74, 6) is 0.431. The van der Waals surface area contributed by atoms with Gasteiger partial charge in [-0.2, -0.15) is 0 Å². The summed E-state index contributed by atoms with van der Waals surface area (Å²) in [4.78, 5) is 16.3. The van der Waals surface area contributed by atoms with Crippen LogP contribution in [0.3, 0.4) is 0 Å². The number of Topliss-reactive ketones (excluding diaryl/α,β-unsaturated/α-hetero) is 1. The number of aromatic amines is 1. The van der Waals surface area contributed by atoms with Gasteiger partial charge in [0.2, 0.25) is 0 Å². The van der Waals surface area contributed by atoms with Gasteiger partial charge in [0.1, 0.15) is 11.6 Å². The van der Waals surface area contributed by atoms with Gasteiger partial charge in [-0.15, -0.1) is 10.2 Å². The van der Waals surface area contributed by atoms with Crippen molar-refractivity contribution < 1.29 is 18.3 Å². The summed E-state index contributed by atoms with van der Waals surface area (Å²) in [6.07, 6.45) is -0.515. The molecular formula is C22H20FN3O3S. The highest BCUT2D eigenvalue weighted by molar-refractivity contribution is 8.00. The van der Waals surface area contributed by atoms with Gasteiger partial charge in [0.05, 0.1) is 5.25 Å². The SMILES string of the molecule is Cc1[nH]c2ccccc2c1C(=O)[C@H](C)Sc1nnc([C@@H](C)Oc2ccc(F)cc2)o1. The quantitative estimate of drug-likeness (QED) is 0.311. The number of rotatable bonds is 7. The molecule has 1 N–H and O–H groups in total. The van der Waals surface area contributed by atoms with Gasteiger partial charge < -0.3 is 14.1 Å². The zero-order chi connectivity index (χ0) is 21.3. The van der Waals surface area contributed by atoms with Gasteiger partial charge in [0.15, 0.2) is 11.9 Å². The van der Waals surface area contributed by atoms with Gasteiger partial charge in [0, 0.05) is 22.2 Å². The lowest BCUT2D eigenvalue weighted by molar-refractivity contribution is 0.0994. The Hall–Kier alpha value is -3.13. The number of ketones is 1. The zero-order valence-electron chi connectivity index (χ0n) is 16.7. The standard InChI is InChI=1S/C22H20FN3O3S/c1-12-19(17-6-4-5-7-18(17)24-12)20(27)14(3)30-22-26-25-21(29-22)13(2)28-16-10-8-15(23)9-11-16/h4-11,13-14,24H,1-3H3/t13-,14+/m1/s1. The number of para-hydroxylation sites is 1. The van der Waals surface area contributed by atoms with Crippen LogP contribution in [0.15, 0.2) is 58.2 Å². The zero-order valence-corrected chi connectivity index (χ0v) is 17.5. The Morgan fingerprint density at radius 3 is 2.63 bits per heavy atom. The molecule has 2 aromatic heterocycles. The lowest BCUT2D eigenvalue weighted by Crippen LogP contribution is -2.14. The molecule has 0 saturated heterocycles. The van der Waals surface area contributed by atoms with Crippen LogP contribution in [-0.2, 0) is 0 Å². The van der Waals surface area contributed by atoms with E-state index in [9.17, 15) is 9.18 Å². The highest BCUT2D eigenvalue weighted by atomic mass is 32.2. The largest absolute Gasteiger partial charge is 0.481 e. The number of thioether (sulfide) groups is 1. The molecule has 4 rings (SSSR count). The third kappa shape index (κ3) is 4.09. The number of carbonyl (C=O) groups is 1. The second-order valence-electron chi connectivity index (χ2n) is 6.92. The van der Waals surface area contributed by atoms with Crippen molar-refractivity contribution in [2.24, 2.45) is 0 Å². The second-order valence-corrected chi connectivity index (χ2v) is 8.21. The number of benzene rings is 2. The van der Waals surface area contributed by atoms with Gasteiger partial charge in [-0.1, -0.05) is 30.0 Å². The van der Waals surface area contributed by atoms with Crippen LogP contribution < -0.4 is 4.74 Å². The molecule has 0 fully saturated rings. The molecule has 0 aliphatic rings.